The Kier molecular flexibility index (Phi) is 4.59. The van der Waals surface area contributed by atoms with Crippen molar-refractivity contribution in [2.45, 2.75) is 30.7 Å². The van der Waals surface area contributed by atoms with Gasteiger partial charge < -0.3 is 17.2 Å². The number of sulfonamides is 1. The van der Waals surface area contributed by atoms with E-state index in [9.17, 15) is 18.0 Å². The number of benzene rings is 1. The second-order valence-corrected chi connectivity index (χ2v) is 6.90. The Morgan fingerprint density at radius 3 is 2.24 bits per heavy atom. The molecular weight excluding hydrogens is 296 g/mol. The van der Waals surface area contributed by atoms with Gasteiger partial charge >= 0.3 is 0 Å². The van der Waals surface area contributed by atoms with Crippen molar-refractivity contribution in [3.8, 4) is 0 Å². The van der Waals surface area contributed by atoms with Gasteiger partial charge in [0, 0.05) is 17.5 Å². The number of nitrogen functional groups attached to an aromatic ring is 1. The zero-order valence-electron chi connectivity index (χ0n) is 11.7. The van der Waals surface area contributed by atoms with E-state index in [-0.39, 0.29) is 22.6 Å². The highest BCUT2D eigenvalue weighted by Gasteiger charge is 2.29. The predicted octanol–water partition coefficient (Wildman–Crippen LogP) is -0.700. The van der Waals surface area contributed by atoms with Gasteiger partial charge in [0.1, 0.15) is 4.90 Å². The summed E-state index contributed by atoms with van der Waals surface area (Å²) >= 11 is 0. The van der Waals surface area contributed by atoms with E-state index in [1.165, 1.54) is 32.0 Å². The van der Waals surface area contributed by atoms with Crippen molar-refractivity contribution >= 4 is 27.5 Å². The van der Waals surface area contributed by atoms with Crippen LogP contribution in [0.25, 0.3) is 0 Å². The SMILES string of the molecule is CC(C)(CC(N)=O)NS(=O)(=O)c1ccc(C(N)=O)cc1N. The first-order chi connectivity index (χ1) is 9.44. The van der Waals surface area contributed by atoms with E-state index >= 15 is 0 Å². The number of hydrogen-bond acceptors (Lipinski definition) is 5. The van der Waals surface area contributed by atoms with E-state index < -0.39 is 27.4 Å². The van der Waals surface area contributed by atoms with Crippen molar-refractivity contribution < 1.29 is 18.0 Å². The van der Waals surface area contributed by atoms with E-state index in [1.807, 2.05) is 0 Å². The number of nitrogens with one attached hydrogen (secondary N) is 1. The molecule has 1 aromatic carbocycles. The zero-order valence-corrected chi connectivity index (χ0v) is 12.5. The van der Waals surface area contributed by atoms with Gasteiger partial charge in [-0.15, -0.1) is 0 Å². The fourth-order valence-corrected chi connectivity index (χ4v) is 3.36. The van der Waals surface area contributed by atoms with E-state index in [0.717, 1.165) is 0 Å². The smallest absolute Gasteiger partial charge is 0.248 e. The maximum absolute atomic E-state index is 12.3. The summed E-state index contributed by atoms with van der Waals surface area (Å²) in [6, 6.07) is 3.62. The van der Waals surface area contributed by atoms with E-state index in [1.54, 1.807) is 0 Å². The van der Waals surface area contributed by atoms with Crippen molar-refractivity contribution in [2.75, 3.05) is 5.73 Å². The van der Waals surface area contributed by atoms with Crippen molar-refractivity contribution in [3.63, 3.8) is 0 Å². The van der Waals surface area contributed by atoms with Crippen LogP contribution in [0.15, 0.2) is 23.1 Å². The number of anilines is 1. The maximum atomic E-state index is 12.3. The quantitative estimate of drug-likeness (QED) is 0.510. The molecule has 0 aliphatic carbocycles. The molecule has 0 spiro atoms. The van der Waals surface area contributed by atoms with Crippen molar-refractivity contribution in [1.82, 2.24) is 4.72 Å². The largest absolute Gasteiger partial charge is 0.398 e. The molecule has 0 saturated heterocycles. The van der Waals surface area contributed by atoms with Crippen molar-refractivity contribution in [3.05, 3.63) is 23.8 Å². The first kappa shape index (κ1) is 16.9. The molecule has 21 heavy (non-hydrogen) atoms. The molecular formula is C12H18N4O4S. The fourth-order valence-electron chi connectivity index (χ4n) is 1.84. The molecule has 0 atom stereocenters. The molecule has 0 aliphatic heterocycles. The van der Waals surface area contributed by atoms with Gasteiger partial charge in [0.2, 0.25) is 21.8 Å². The Bertz CT molecular complexity index is 682. The van der Waals surface area contributed by atoms with E-state index in [0.29, 0.717) is 0 Å². The van der Waals surface area contributed by atoms with Crippen LogP contribution in [0.2, 0.25) is 0 Å². The van der Waals surface area contributed by atoms with Gasteiger partial charge in [0.05, 0.1) is 5.69 Å². The number of nitrogens with two attached hydrogens (primary N) is 3. The molecule has 0 saturated carbocycles. The molecule has 0 aliphatic rings. The lowest BCUT2D eigenvalue weighted by molar-refractivity contribution is -0.119. The summed E-state index contributed by atoms with van der Waals surface area (Å²) in [5.74, 6) is -1.35. The minimum absolute atomic E-state index is 0.0999. The topological polar surface area (TPSA) is 158 Å². The Morgan fingerprint density at radius 1 is 1.24 bits per heavy atom. The van der Waals surface area contributed by atoms with E-state index in [4.69, 9.17) is 17.2 Å². The molecule has 0 aromatic heterocycles. The summed E-state index contributed by atoms with van der Waals surface area (Å²) in [5.41, 5.74) is 14.7. The van der Waals surface area contributed by atoms with Crippen molar-refractivity contribution in [1.29, 1.82) is 0 Å². The lowest BCUT2D eigenvalue weighted by Gasteiger charge is -2.24. The average molecular weight is 314 g/mol. The monoisotopic (exact) mass is 314 g/mol. The Labute approximate surface area is 122 Å². The lowest BCUT2D eigenvalue weighted by atomic mass is 10.0. The molecule has 7 N–H and O–H groups in total. The summed E-state index contributed by atoms with van der Waals surface area (Å²) in [6.07, 6.45) is -0.175. The number of hydrogen-bond donors (Lipinski definition) is 4. The second-order valence-electron chi connectivity index (χ2n) is 5.25. The summed E-state index contributed by atoms with van der Waals surface area (Å²) in [5, 5.41) is 0. The first-order valence-corrected chi connectivity index (χ1v) is 7.44. The molecule has 0 radical (unpaired) electrons. The van der Waals surface area contributed by atoms with Gasteiger partial charge in [-0.25, -0.2) is 13.1 Å². The average Bonchev–Trinajstić information content (AvgIpc) is 2.24. The molecule has 0 heterocycles. The fraction of sp³-hybridized carbons (Fsp3) is 0.333. The third-order valence-electron chi connectivity index (χ3n) is 2.61. The standard InChI is InChI=1S/C12H18N4O4S/c1-12(2,6-10(14)17)16-21(19,20)9-4-3-7(11(15)18)5-8(9)13/h3-5,16H,6,13H2,1-2H3,(H2,14,17)(H2,15,18). The highest BCUT2D eigenvalue weighted by Crippen LogP contribution is 2.22. The number of carbonyl (C=O) groups excluding carboxylic acids is 2. The van der Waals surface area contributed by atoms with Crippen LogP contribution in [0, 0.1) is 0 Å². The number of carbonyl (C=O) groups is 2. The second kappa shape index (κ2) is 5.70. The molecule has 8 nitrogen and oxygen atoms in total. The Balaban J connectivity index is 3.14. The Hall–Kier alpha value is -2.13. The lowest BCUT2D eigenvalue weighted by Crippen LogP contribution is -2.46. The minimum atomic E-state index is -3.97. The Morgan fingerprint density at radius 2 is 1.81 bits per heavy atom. The number of primary amides is 2. The van der Waals surface area contributed by atoms with Gasteiger partial charge in [-0.2, -0.15) is 0 Å². The third kappa shape index (κ3) is 4.43. The predicted molar refractivity (Wildman–Crippen MR) is 77.6 cm³/mol. The first-order valence-electron chi connectivity index (χ1n) is 5.96. The van der Waals surface area contributed by atoms with Crippen LogP contribution in [-0.4, -0.2) is 25.8 Å². The molecule has 0 unspecified atom stereocenters. The summed E-state index contributed by atoms with van der Waals surface area (Å²) < 4.78 is 26.9. The highest BCUT2D eigenvalue weighted by molar-refractivity contribution is 7.89. The number of rotatable bonds is 6. The summed E-state index contributed by atoms with van der Waals surface area (Å²) in [7, 11) is -3.97. The molecule has 0 fully saturated rings. The van der Waals surface area contributed by atoms with Crippen LogP contribution < -0.4 is 21.9 Å². The minimum Gasteiger partial charge on any atom is -0.398 e. The van der Waals surface area contributed by atoms with Gasteiger partial charge in [-0.05, 0) is 32.0 Å². The molecule has 116 valence electrons. The maximum Gasteiger partial charge on any atom is 0.248 e. The summed E-state index contributed by atoms with van der Waals surface area (Å²) in [6.45, 7) is 3.03. The van der Waals surface area contributed by atoms with Gasteiger partial charge in [0.25, 0.3) is 0 Å². The normalized spacial score (nSPS) is 12.1. The van der Waals surface area contributed by atoms with Crippen LogP contribution >= 0.6 is 0 Å². The van der Waals surface area contributed by atoms with Gasteiger partial charge in [-0.1, -0.05) is 0 Å². The molecule has 2 amide bonds. The van der Waals surface area contributed by atoms with Crippen LogP contribution in [0.4, 0.5) is 5.69 Å². The summed E-state index contributed by atoms with van der Waals surface area (Å²) in [4.78, 5) is 21.7. The molecule has 1 rings (SSSR count). The molecule has 1 aromatic rings. The van der Waals surface area contributed by atoms with Gasteiger partial charge in [-0.3, -0.25) is 9.59 Å². The van der Waals surface area contributed by atoms with Crippen LogP contribution in [0.5, 0.6) is 0 Å². The zero-order chi connectivity index (χ0) is 16.4. The number of amides is 2. The van der Waals surface area contributed by atoms with Crippen LogP contribution in [0.3, 0.4) is 0 Å². The van der Waals surface area contributed by atoms with E-state index in [2.05, 4.69) is 4.72 Å². The highest BCUT2D eigenvalue weighted by atomic mass is 32.2. The molecule has 0 bridgehead atoms. The third-order valence-corrected chi connectivity index (χ3v) is 4.38. The van der Waals surface area contributed by atoms with Gasteiger partial charge in [0.15, 0.2) is 0 Å². The molecule has 9 heteroatoms. The van der Waals surface area contributed by atoms with Crippen molar-refractivity contribution in [2.24, 2.45) is 11.5 Å². The van der Waals surface area contributed by atoms with Crippen LogP contribution in [0.1, 0.15) is 30.6 Å². The van der Waals surface area contributed by atoms with Crippen LogP contribution in [-0.2, 0) is 14.8 Å².